The molecule has 2 aromatic carbocycles. The van der Waals surface area contributed by atoms with Crippen molar-refractivity contribution in [2.75, 3.05) is 25.0 Å². The second kappa shape index (κ2) is 8.91. The monoisotopic (exact) mass is 424 g/mol. The average molecular weight is 424 g/mol. The van der Waals surface area contributed by atoms with Crippen LogP contribution in [0.15, 0.2) is 60.3 Å². The van der Waals surface area contributed by atoms with Gasteiger partial charge in [0, 0.05) is 17.8 Å². The first-order valence-electron chi connectivity index (χ1n) is 9.19. The third-order valence-corrected chi connectivity index (χ3v) is 5.33. The van der Waals surface area contributed by atoms with Crippen LogP contribution in [0, 0.1) is 0 Å². The van der Waals surface area contributed by atoms with Gasteiger partial charge in [-0.15, -0.1) is 16.8 Å². The summed E-state index contributed by atoms with van der Waals surface area (Å²) in [7, 11) is 1.60. The van der Waals surface area contributed by atoms with Crippen LogP contribution in [0.25, 0.3) is 11.4 Å². The fraction of sp³-hybridized carbons (Fsp3) is 0.190. The van der Waals surface area contributed by atoms with Crippen molar-refractivity contribution in [1.29, 1.82) is 0 Å². The van der Waals surface area contributed by atoms with Gasteiger partial charge in [0.1, 0.15) is 5.75 Å². The first kappa shape index (κ1) is 19.8. The zero-order valence-corrected chi connectivity index (χ0v) is 17.1. The smallest absolute Gasteiger partial charge is 0.234 e. The molecule has 1 aromatic heterocycles. The number of ether oxygens (including phenoxy) is 3. The van der Waals surface area contributed by atoms with Gasteiger partial charge in [-0.3, -0.25) is 9.36 Å². The maximum Gasteiger partial charge on any atom is 0.234 e. The predicted octanol–water partition coefficient (Wildman–Crippen LogP) is 3.60. The third-order valence-electron chi connectivity index (χ3n) is 4.37. The molecule has 0 bridgehead atoms. The number of anilines is 1. The van der Waals surface area contributed by atoms with E-state index in [1.54, 1.807) is 37.5 Å². The molecule has 3 aromatic rings. The molecule has 1 aliphatic rings. The number of allylic oxidation sites excluding steroid dienone is 1. The molecule has 0 spiro atoms. The van der Waals surface area contributed by atoms with Gasteiger partial charge in [-0.05, 0) is 42.5 Å². The number of methoxy groups -OCH3 is 1. The van der Waals surface area contributed by atoms with Gasteiger partial charge >= 0.3 is 0 Å². The summed E-state index contributed by atoms with van der Waals surface area (Å²) >= 11 is 1.31. The normalized spacial score (nSPS) is 11.9. The first-order valence-corrected chi connectivity index (χ1v) is 10.2. The fourth-order valence-corrected chi connectivity index (χ4v) is 3.69. The summed E-state index contributed by atoms with van der Waals surface area (Å²) in [4.78, 5) is 12.3. The standard InChI is InChI=1S/C21H20N4O4S/c1-3-10-25-20(14-4-9-17-18(11-14)29-13-28-17)23-24-21(25)30-12-19(26)22-15-5-7-16(27-2)8-6-15/h3-9,11H,1,10,12-13H2,2H3,(H,22,26). The van der Waals surface area contributed by atoms with Crippen LogP contribution in [0.5, 0.6) is 17.2 Å². The predicted molar refractivity (Wildman–Crippen MR) is 114 cm³/mol. The minimum atomic E-state index is -0.136. The lowest BCUT2D eigenvalue weighted by Gasteiger charge is -2.09. The van der Waals surface area contributed by atoms with Crippen LogP contribution >= 0.6 is 11.8 Å². The van der Waals surface area contributed by atoms with Crippen LogP contribution < -0.4 is 19.5 Å². The maximum atomic E-state index is 12.3. The van der Waals surface area contributed by atoms with Gasteiger partial charge in [0.25, 0.3) is 0 Å². The summed E-state index contributed by atoms with van der Waals surface area (Å²) in [6.45, 7) is 4.54. The van der Waals surface area contributed by atoms with Crippen molar-refractivity contribution in [3.63, 3.8) is 0 Å². The van der Waals surface area contributed by atoms with Crippen LogP contribution in [0.1, 0.15) is 0 Å². The number of fused-ring (bicyclic) bond motifs is 1. The Bertz CT molecular complexity index is 1070. The van der Waals surface area contributed by atoms with E-state index in [9.17, 15) is 4.79 Å². The fourth-order valence-electron chi connectivity index (χ4n) is 2.94. The molecule has 9 heteroatoms. The lowest BCUT2D eigenvalue weighted by molar-refractivity contribution is -0.113. The van der Waals surface area contributed by atoms with Crippen LogP contribution in [-0.4, -0.2) is 40.3 Å². The Balaban J connectivity index is 1.46. The summed E-state index contributed by atoms with van der Waals surface area (Å²) in [6.07, 6.45) is 1.77. The van der Waals surface area contributed by atoms with E-state index in [1.165, 1.54) is 11.8 Å². The highest BCUT2D eigenvalue weighted by molar-refractivity contribution is 7.99. The van der Waals surface area contributed by atoms with E-state index in [4.69, 9.17) is 14.2 Å². The number of amides is 1. The number of hydrogen-bond donors (Lipinski definition) is 1. The highest BCUT2D eigenvalue weighted by Gasteiger charge is 2.19. The maximum absolute atomic E-state index is 12.3. The Hall–Kier alpha value is -3.46. The van der Waals surface area contributed by atoms with Crippen molar-refractivity contribution in [2.24, 2.45) is 0 Å². The van der Waals surface area contributed by atoms with E-state index < -0.39 is 0 Å². The van der Waals surface area contributed by atoms with Crippen LogP contribution in [0.2, 0.25) is 0 Å². The molecular formula is C21H20N4O4S. The lowest BCUT2D eigenvalue weighted by atomic mass is 10.2. The van der Waals surface area contributed by atoms with E-state index in [-0.39, 0.29) is 18.5 Å². The Labute approximate surface area is 177 Å². The summed E-state index contributed by atoms with van der Waals surface area (Å²) in [5, 5.41) is 12.1. The first-order chi connectivity index (χ1) is 14.7. The van der Waals surface area contributed by atoms with Gasteiger partial charge in [0.2, 0.25) is 12.7 Å². The average Bonchev–Trinajstić information content (AvgIpc) is 3.39. The number of nitrogens with zero attached hydrogens (tertiary/aromatic N) is 3. The van der Waals surface area contributed by atoms with Gasteiger partial charge in [-0.25, -0.2) is 0 Å². The second-order valence-corrected chi connectivity index (χ2v) is 7.28. The number of carbonyl (C=O) groups is 1. The molecule has 1 aliphatic heterocycles. The van der Waals surface area contributed by atoms with Crippen molar-refractivity contribution in [3.8, 4) is 28.6 Å². The molecule has 30 heavy (non-hydrogen) atoms. The summed E-state index contributed by atoms with van der Waals surface area (Å²) < 4.78 is 17.8. The van der Waals surface area contributed by atoms with E-state index >= 15 is 0 Å². The molecular weight excluding hydrogens is 404 g/mol. The third kappa shape index (κ3) is 4.25. The van der Waals surface area contributed by atoms with Crippen molar-refractivity contribution >= 4 is 23.4 Å². The van der Waals surface area contributed by atoms with Gasteiger partial charge in [-0.2, -0.15) is 0 Å². The minimum absolute atomic E-state index is 0.136. The number of benzene rings is 2. The molecule has 154 valence electrons. The largest absolute Gasteiger partial charge is 0.497 e. The number of nitrogens with one attached hydrogen (secondary N) is 1. The zero-order valence-electron chi connectivity index (χ0n) is 16.3. The number of carbonyl (C=O) groups excluding carboxylic acids is 1. The Morgan fingerprint density at radius 1 is 1.23 bits per heavy atom. The molecule has 0 aliphatic carbocycles. The molecule has 4 rings (SSSR count). The topological polar surface area (TPSA) is 87.5 Å². The number of thioether (sulfide) groups is 1. The Morgan fingerprint density at radius 3 is 2.80 bits per heavy atom. The molecule has 0 fully saturated rings. The van der Waals surface area contributed by atoms with E-state index in [2.05, 4.69) is 22.1 Å². The molecule has 0 saturated carbocycles. The Kier molecular flexibility index (Phi) is 5.89. The van der Waals surface area contributed by atoms with Gasteiger partial charge in [-0.1, -0.05) is 17.8 Å². The molecule has 0 radical (unpaired) electrons. The van der Waals surface area contributed by atoms with Crippen LogP contribution in [0.3, 0.4) is 0 Å². The highest BCUT2D eigenvalue weighted by Crippen LogP contribution is 2.36. The zero-order chi connectivity index (χ0) is 20.9. The van der Waals surface area contributed by atoms with E-state index in [0.29, 0.717) is 34.7 Å². The van der Waals surface area contributed by atoms with Crippen molar-refractivity contribution in [2.45, 2.75) is 11.7 Å². The molecule has 1 N–H and O–H groups in total. The van der Waals surface area contributed by atoms with Gasteiger partial charge in [0.05, 0.1) is 12.9 Å². The summed E-state index contributed by atoms with van der Waals surface area (Å²) in [6, 6.07) is 12.8. The number of aromatic nitrogens is 3. The lowest BCUT2D eigenvalue weighted by Crippen LogP contribution is -2.14. The van der Waals surface area contributed by atoms with E-state index in [0.717, 1.165) is 11.3 Å². The van der Waals surface area contributed by atoms with Crippen LogP contribution in [0.4, 0.5) is 5.69 Å². The van der Waals surface area contributed by atoms with Crippen molar-refractivity contribution in [3.05, 3.63) is 55.1 Å². The Morgan fingerprint density at radius 2 is 2.03 bits per heavy atom. The van der Waals surface area contributed by atoms with E-state index in [1.807, 2.05) is 22.8 Å². The quantitative estimate of drug-likeness (QED) is 0.437. The van der Waals surface area contributed by atoms with Crippen molar-refractivity contribution < 1.29 is 19.0 Å². The second-order valence-electron chi connectivity index (χ2n) is 6.34. The number of hydrogen-bond acceptors (Lipinski definition) is 7. The van der Waals surface area contributed by atoms with Crippen molar-refractivity contribution in [1.82, 2.24) is 14.8 Å². The number of rotatable bonds is 8. The molecule has 2 heterocycles. The van der Waals surface area contributed by atoms with Gasteiger partial charge in [0.15, 0.2) is 22.5 Å². The molecule has 8 nitrogen and oxygen atoms in total. The SMILES string of the molecule is C=CCn1c(SCC(=O)Nc2ccc(OC)cc2)nnc1-c1ccc2c(c1)OCO2. The summed E-state index contributed by atoms with van der Waals surface area (Å²) in [5.41, 5.74) is 1.55. The van der Waals surface area contributed by atoms with Gasteiger partial charge < -0.3 is 19.5 Å². The molecule has 1 amide bonds. The molecule has 0 atom stereocenters. The summed E-state index contributed by atoms with van der Waals surface area (Å²) in [5.74, 6) is 2.85. The molecule has 0 saturated heterocycles. The molecule has 0 unspecified atom stereocenters. The highest BCUT2D eigenvalue weighted by atomic mass is 32.2. The minimum Gasteiger partial charge on any atom is -0.497 e. The van der Waals surface area contributed by atoms with Crippen LogP contribution in [-0.2, 0) is 11.3 Å².